The van der Waals surface area contributed by atoms with Crippen molar-refractivity contribution in [3.63, 3.8) is 0 Å². The summed E-state index contributed by atoms with van der Waals surface area (Å²) < 4.78 is 0. The molecule has 2 N–H and O–H groups in total. The standard InChI is InChI=1S/C13H17N3O3/c1-13(12(14)17)7-2-8-15(9-13)10-3-5-11(6-4-10)16(18)19/h3-6H,2,7-9H2,1H3,(H2,14,17). The van der Waals surface area contributed by atoms with Gasteiger partial charge in [0.15, 0.2) is 0 Å². The molecule has 1 unspecified atom stereocenters. The van der Waals surface area contributed by atoms with Gasteiger partial charge in [0.05, 0.1) is 10.3 Å². The van der Waals surface area contributed by atoms with Crippen molar-refractivity contribution in [2.24, 2.45) is 11.1 Å². The van der Waals surface area contributed by atoms with Gasteiger partial charge in [-0.05, 0) is 31.9 Å². The number of carbonyl (C=O) groups is 1. The second-order valence-corrected chi connectivity index (χ2v) is 5.22. The summed E-state index contributed by atoms with van der Waals surface area (Å²) in [6.07, 6.45) is 1.67. The minimum atomic E-state index is -0.528. The highest BCUT2D eigenvalue weighted by atomic mass is 16.6. The molecule has 1 fully saturated rings. The van der Waals surface area contributed by atoms with Gasteiger partial charge in [-0.3, -0.25) is 14.9 Å². The highest BCUT2D eigenvalue weighted by Crippen LogP contribution is 2.32. The van der Waals surface area contributed by atoms with Gasteiger partial charge < -0.3 is 10.6 Å². The van der Waals surface area contributed by atoms with E-state index in [9.17, 15) is 14.9 Å². The number of piperidine rings is 1. The fourth-order valence-electron chi connectivity index (χ4n) is 2.45. The van der Waals surface area contributed by atoms with Crippen LogP contribution in [-0.2, 0) is 4.79 Å². The number of primary amides is 1. The minimum Gasteiger partial charge on any atom is -0.370 e. The maximum atomic E-state index is 11.5. The SMILES string of the molecule is CC1(C(N)=O)CCCN(c2ccc([N+](=O)[O-])cc2)C1. The van der Waals surface area contributed by atoms with Crippen LogP contribution in [0.4, 0.5) is 11.4 Å². The van der Waals surface area contributed by atoms with Crippen molar-refractivity contribution in [3.05, 3.63) is 34.4 Å². The predicted octanol–water partition coefficient (Wildman–Crippen LogP) is 1.69. The van der Waals surface area contributed by atoms with Crippen LogP contribution < -0.4 is 10.6 Å². The predicted molar refractivity (Wildman–Crippen MR) is 71.8 cm³/mol. The lowest BCUT2D eigenvalue weighted by atomic mass is 9.81. The number of nitro groups is 1. The lowest BCUT2D eigenvalue weighted by Crippen LogP contribution is -2.48. The van der Waals surface area contributed by atoms with Crippen LogP contribution in [0.5, 0.6) is 0 Å². The number of non-ortho nitro benzene ring substituents is 1. The highest BCUT2D eigenvalue weighted by Gasteiger charge is 2.36. The van der Waals surface area contributed by atoms with E-state index in [2.05, 4.69) is 4.90 Å². The number of nitro benzene ring substituents is 1. The van der Waals surface area contributed by atoms with Gasteiger partial charge >= 0.3 is 0 Å². The topological polar surface area (TPSA) is 89.5 Å². The Hall–Kier alpha value is -2.11. The summed E-state index contributed by atoms with van der Waals surface area (Å²) in [5.74, 6) is -0.292. The van der Waals surface area contributed by atoms with Crippen LogP contribution >= 0.6 is 0 Å². The van der Waals surface area contributed by atoms with E-state index in [-0.39, 0.29) is 11.6 Å². The van der Waals surface area contributed by atoms with Gasteiger partial charge in [-0.15, -0.1) is 0 Å². The average Bonchev–Trinajstić information content (AvgIpc) is 2.39. The van der Waals surface area contributed by atoms with Crippen LogP contribution in [0.25, 0.3) is 0 Å². The van der Waals surface area contributed by atoms with E-state index in [1.165, 1.54) is 12.1 Å². The molecule has 0 radical (unpaired) electrons. The zero-order chi connectivity index (χ0) is 14.0. The van der Waals surface area contributed by atoms with E-state index in [4.69, 9.17) is 5.73 Å². The number of nitrogens with two attached hydrogens (primary N) is 1. The van der Waals surface area contributed by atoms with Crippen molar-refractivity contribution in [2.75, 3.05) is 18.0 Å². The Kier molecular flexibility index (Phi) is 3.42. The molecule has 0 saturated carbocycles. The van der Waals surface area contributed by atoms with E-state index in [0.29, 0.717) is 6.54 Å². The molecule has 19 heavy (non-hydrogen) atoms. The van der Waals surface area contributed by atoms with Gasteiger partial charge in [0.2, 0.25) is 5.91 Å². The molecule has 102 valence electrons. The number of carbonyl (C=O) groups excluding carboxylic acids is 1. The second-order valence-electron chi connectivity index (χ2n) is 5.22. The molecule has 1 aromatic carbocycles. The number of benzene rings is 1. The van der Waals surface area contributed by atoms with Crippen molar-refractivity contribution < 1.29 is 9.72 Å². The zero-order valence-electron chi connectivity index (χ0n) is 10.8. The third kappa shape index (κ3) is 2.67. The van der Waals surface area contributed by atoms with Gasteiger partial charge in [0.25, 0.3) is 5.69 Å². The lowest BCUT2D eigenvalue weighted by Gasteiger charge is -2.39. The molecular weight excluding hydrogens is 246 g/mol. The van der Waals surface area contributed by atoms with Crippen LogP contribution in [0.2, 0.25) is 0 Å². The number of amides is 1. The fraction of sp³-hybridized carbons (Fsp3) is 0.462. The van der Waals surface area contributed by atoms with Crippen LogP contribution in [0.1, 0.15) is 19.8 Å². The average molecular weight is 263 g/mol. The Labute approximate surface area is 111 Å². The molecule has 6 heteroatoms. The van der Waals surface area contributed by atoms with E-state index >= 15 is 0 Å². The monoisotopic (exact) mass is 263 g/mol. The Bertz CT molecular complexity index is 500. The number of hydrogen-bond donors (Lipinski definition) is 1. The van der Waals surface area contributed by atoms with Crippen molar-refractivity contribution >= 4 is 17.3 Å². The Morgan fingerprint density at radius 1 is 1.42 bits per heavy atom. The van der Waals surface area contributed by atoms with E-state index in [1.54, 1.807) is 12.1 Å². The molecule has 1 atom stereocenters. The molecular formula is C13H17N3O3. The largest absolute Gasteiger partial charge is 0.370 e. The van der Waals surface area contributed by atoms with Gasteiger partial charge in [0, 0.05) is 30.9 Å². The zero-order valence-corrected chi connectivity index (χ0v) is 10.8. The Balaban J connectivity index is 2.17. The first-order valence-corrected chi connectivity index (χ1v) is 6.22. The molecule has 0 aromatic heterocycles. The normalized spacial score (nSPS) is 23.1. The quantitative estimate of drug-likeness (QED) is 0.663. The molecule has 2 rings (SSSR count). The molecule has 1 saturated heterocycles. The first-order chi connectivity index (χ1) is 8.92. The molecule has 6 nitrogen and oxygen atoms in total. The molecule has 1 aromatic rings. The van der Waals surface area contributed by atoms with Crippen LogP contribution in [0, 0.1) is 15.5 Å². The van der Waals surface area contributed by atoms with Gasteiger partial charge in [-0.1, -0.05) is 0 Å². The summed E-state index contributed by atoms with van der Waals surface area (Å²) in [6.45, 7) is 3.26. The van der Waals surface area contributed by atoms with Crippen molar-refractivity contribution in [1.29, 1.82) is 0 Å². The summed E-state index contributed by atoms with van der Waals surface area (Å²) in [4.78, 5) is 23.7. The summed E-state index contributed by atoms with van der Waals surface area (Å²) in [5.41, 5.74) is 5.88. The van der Waals surface area contributed by atoms with Crippen LogP contribution in [0.15, 0.2) is 24.3 Å². The number of anilines is 1. The van der Waals surface area contributed by atoms with Crippen LogP contribution in [0.3, 0.4) is 0 Å². The number of hydrogen-bond acceptors (Lipinski definition) is 4. The summed E-state index contributed by atoms with van der Waals surface area (Å²) in [6, 6.07) is 6.38. The van der Waals surface area contributed by atoms with E-state index < -0.39 is 10.3 Å². The van der Waals surface area contributed by atoms with Crippen molar-refractivity contribution in [3.8, 4) is 0 Å². The first-order valence-electron chi connectivity index (χ1n) is 6.22. The molecule has 0 spiro atoms. The number of nitrogens with zero attached hydrogens (tertiary/aromatic N) is 2. The lowest BCUT2D eigenvalue weighted by molar-refractivity contribution is -0.384. The van der Waals surface area contributed by atoms with Gasteiger partial charge in [-0.2, -0.15) is 0 Å². The molecule has 1 aliphatic rings. The molecule has 0 aliphatic carbocycles. The molecule has 1 amide bonds. The Morgan fingerprint density at radius 2 is 2.05 bits per heavy atom. The smallest absolute Gasteiger partial charge is 0.269 e. The van der Waals surface area contributed by atoms with Crippen LogP contribution in [-0.4, -0.2) is 23.9 Å². The highest BCUT2D eigenvalue weighted by molar-refractivity contribution is 5.81. The van der Waals surface area contributed by atoms with E-state index in [1.807, 2.05) is 6.92 Å². The summed E-state index contributed by atoms with van der Waals surface area (Å²) >= 11 is 0. The number of rotatable bonds is 3. The minimum absolute atomic E-state index is 0.0680. The first kappa shape index (κ1) is 13.3. The maximum Gasteiger partial charge on any atom is 0.269 e. The Morgan fingerprint density at radius 3 is 2.58 bits per heavy atom. The van der Waals surface area contributed by atoms with E-state index in [0.717, 1.165) is 25.1 Å². The molecule has 1 heterocycles. The maximum absolute atomic E-state index is 11.5. The fourth-order valence-corrected chi connectivity index (χ4v) is 2.45. The third-order valence-corrected chi connectivity index (χ3v) is 3.72. The third-order valence-electron chi connectivity index (χ3n) is 3.72. The van der Waals surface area contributed by atoms with Gasteiger partial charge in [-0.25, -0.2) is 0 Å². The molecule has 1 aliphatic heterocycles. The van der Waals surface area contributed by atoms with Crippen molar-refractivity contribution in [1.82, 2.24) is 0 Å². The second kappa shape index (κ2) is 4.87. The van der Waals surface area contributed by atoms with Crippen molar-refractivity contribution in [2.45, 2.75) is 19.8 Å². The summed E-state index contributed by atoms with van der Waals surface area (Å²) in [7, 11) is 0. The summed E-state index contributed by atoms with van der Waals surface area (Å²) in [5, 5.41) is 10.6. The van der Waals surface area contributed by atoms with Gasteiger partial charge in [0.1, 0.15) is 0 Å². The molecule has 0 bridgehead atoms.